The normalized spacial score (nSPS) is 13.2. The maximum atomic E-state index is 13.1. The van der Waals surface area contributed by atoms with Crippen molar-refractivity contribution in [1.82, 2.24) is 5.32 Å². The van der Waals surface area contributed by atoms with Gasteiger partial charge in [-0.1, -0.05) is 20.8 Å². The summed E-state index contributed by atoms with van der Waals surface area (Å²) in [4.78, 5) is 12.0. The molecule has 0 radical (unpaired) electrons. The van der Waals surface area contributed by atoms with Crippen LogP contribution in [0.2, 0.25) is 0 Å². The molecule has 0 saturated heterocycles. The number of hydrogen-bond acceptors (Lipinski definition) is 2. The Labute approximate surface area is 111 Å². The van der Waals surface area contributed by atoms with Gasteiger partial charge in [-0.25, -0.2) is 8.78 Å². The fourth-order valence-corrected chi connectivity index (χ4v) is 1.73. The van der Waals surface area contributed by atoms with Crippen LogP contribution in [0.25, 0.3) is 0 Å². The third kappa shape index (κ3) is 4.28. The molecule has 106 valence electrons. The van der Waals surface area contributed by atoms with Crippen molar-refractivity contribution in [3.63, 3.8) is 0 Å². The molecule has 0 heterocycles. The van der Waals surface area contributed by atoms with E-state index in [0.29, 0.717) is 6.42 Å². The maximum Gasteiger partial charge on any atom is 0.251 e. The summed E-state index contributed by atoms with van der Waals surface area (Å²) in [6.07, 6.45) is 0.402. The summed E-state index contributed by atoms with van der Waals surface area (Å²) in [6, 6.07) is 2.76. The zero-order chi connectivity index (χ0) is 14.6. The van der Waals surface area contributed by atoms with Crippen LogP contribution in [0, 0.1) is 17.0 Å². The zero-order valence-electron chi connectivity index (χ0n) is 11.3. The molecule has 0 aliphatic rings. The first-order valence-corrected chi connectivity index (χ1v) is 6.12. The summed E-state index contributed by atoms with van der Waals surface area (Å²) in [6.45, 7) is 5.73. The summed E-state index contributed by atoms with van der Waals surface area (Å²) in [7, 11) is 0. The van der Waals surface area contributed by atoms with E-state index in [1.54, 1.807) is 0 Å². The Morgan fingerprint density at radius 2 is 1.95 bits per heavy atom. The molecule has 2 N–H and O–H groups in total. The van der Waals surface area contributed by atoms with Gasteiger partial charge in [0.2, 0.25) is 0 Å². The highest BCUT2D eigenvalue weighted by molar-refractivity contribution is 5.94. The van der Waals surface area contributed by atoms with E-state index in [1.807, 2.05) is 20.8 Å². The second-order valence-corrected chi connectivity index (χ2v) is 5.53. The van der Waals surface area contributed by atoms with E-state index in [4.69, 9.17) is 5.11 Å². The topological polar surface area (TPSA) is 49.3 Å². The molecule has 0 bridgehead atoms. The number of halogens is 2. The molecule has 1 atom stereocenters. The Bertz CT molecular complexity index is 455. The van der Waals surface area contributed by atoms with Crippen LogP contribution in [0.4, 0.5) is 8.78 Å². The highest BCUT2D eigenvalue weighted by Gasteiger charge is 2.26. The maximum absolute atomic E-state index is 13.1. The van der Waals surface area contributed by atoms with Gasteiger partial charge in [0.25, 0.3) is 5.91 Å². The van der Waals surface area contributed by atoms with Crippen LogP contribution in [0.5, 0.6) is 0 Å². The molecule has 0 aromatic heterocycles. The van der Waals surface area contributed by atoms with Gasteiger partial charge in [0.15, 0.2) is 11.6 Å². The van der Waals surface area contributed by atoms with Gasteiger partial charge in [-0.2, -0.15) is 0 Å². The van der Waals surface area contributed by atoms with E-state index in [0.717, 1.165) is 12.1 Å². The molecule has 1 rings (SSSR count). The molecule has 1 aromatic rings. The highest BCUT2D eigenvalue weighted by atomic mass is 19.2. The van der Waals surface area contributed by atoms with Crippen LogP contribution in [0.1, 0.15) is 37.6 Å². The first-order valence-electron chi connectivity index (χ1n) is 6.12. The molecule has 19 heavy (non-hydrogen) atoms. The fourth-order valence-electron chi connectivity index (χ4n) is 1.73. The Morgan fingerprint density at radius 3 is 2.42 bits per heavy atom. The standard InChI is InChI=1S/C14H19F2NO2/c1-14(2,3)12(6-7-18)17-13(19)9-4-5-10(15)11(16)8-9/h4-5,8,12,18H,6-7H2,1-3H3,(H,17,19)/t12-/m1/s1. The summed E-state index contributed by atoms with van der Waals surface area (Å²) < 4.78 is 25.9. The van der Waals surface area contributed by atoms with Gasteiger partial charge in [-0.3, -0.25) is 4.79 Å². The lowest BCUT2D eigenvalue weighted by Gasteiger charge is -2.31. The van der Waals surface area contributed by atoms with Gasteiger partial charge < -0.3 is 10.4 Å². The monoisotopic (exact) mass is 271 g/mol. The number of benzene rings is 1. The van der Waals surface area contributed by atoms with Crippen molar-refractivity contribution >= 4 is 5.91 Å². The van der Waals surface area contributed by atoms with Crippen LogP contribution >= 0.6 is 0 Å². The number of aliphatic hydroxyl groups is 1. The van der Waals surface area contributed by atoms with E-state index in [9.17, 15) is 13.6 Å². The molecule has 0 saturated carbocycles. The number of rotatable bonds is 4. The van der Waals surface area contributed by atoms with Gasteiger partial charge in [-0.05, 0) is 30.0 Å². The van der Waals surface area contributed by atoms with Crippen molar-refractivity contribution in [2.24, 2.45) is 5.41 Å². The average Bonchev–Trinajstić information content (AvgIpc) is 2.30. The lowest BCUT2D eigenvalue weighted by atomic mass is 9.85. The first-order chi connectivity index (χ1) is 8.75. The minimum absolute atomic E-state index is 0.0556. The fraction of sp³-hybridized carbons (Fsp3) is 0.500. The molecule has 0 unspecified atom stereocenters. The third-order valence-electron chi connectivity index (χ3n) is 2.95. The van der Waals surface area contributed by atoms with Crippen molar-refractivity contribution in [2.45, 2.75) is 33.2 Å². The van der Waals surface area contributed by atoms with E-state index in [2.05, 4.69) is 5.32 Å². The summed E-state index contributed by atoms with van der Waals surface area (Å²) in [5, 5.41) is 11.7. The van der Waals surface area contributed by atoms with Gasteiger partial charge in [0.05, 0.1) is 0 Å². The summed E-state index contributed by atoms with van der Waals surface area (Å²) in [5.41, 5.74) is -0.178. The molecule has 5 heteroatoms. The predicted octanol–water partition coefficient (Wildman–Crippen LogP) is 2.49. The molecule has 0 fully saturated rings. The van der Waals surface area contributed by atoms with E-state index >= 15 is 0 Å². The largest absolute Gasteiger partial charge is 0.396 e. The third-order valence-corrected chi connectivity index (χ3v) is 2.95. The van der Waals surface area contributed by atoms with Crippen molar-refractivity contribution in [3.8, 4) is 0 Å². The van der Waals surface area contributed by atoms with Crippen molar-refractivity contribution in [2.75, 3.05) is 6.61 Å². The number of hydrogen-bond donors (Lipinski definition) is 2. The Kier molecular flexibility index (Phi) is 5.00. The molecule has 0 aliphatic heterocycles. The molecule has 1 aromatic carbocycles. The van der Waals surface area contributed by atoms with Crippen LogP contribution in [0.3, 0.4) is 0 Å². The smallest absolute Gasteiger partial charge is 0.251 e. The molecule has 0 aliphatic carbocycles. The minimum Gasteiger partial charge on any atom is -0.396 e. The Morgan fingerprint density at radius 1 is 1.32 bits per heavy atom. The SMILES string of the molecule is CC(C)(C)[C@@H](CCO)NC(=O)c1ccc(F)c(F)c1. The van der Waals surface area contributed by atoms with E-state index in [-0.39, 0.29) is 23.6 Å². The number of aliphatic hydroxyl groups excluding tert-OH is 1. The molecule has 3 nitrogen and oxygen atoms in total. The number of carbonyl (C=O) groups excluding carboxylic acids is 1. The van der Waals surface area contributed by atoms with Crippen LogP contribution in [-0.4, -0.2) is 23.7 Å². The number of nitrogens with one attached hydrogen (secondary N) is 1. The van der Waals surface area contributed by atoms with Gasteiger partial charge in [0.1, 0.15) is 0 Å². The predicted molar refractivity (Wildman–Crippen MR) is 68.8 cm³/mol. The summed E-state index contributed by atoms with van der Waals surface area (Å²) in [5.74, 6) is -2.52. The highest BCUT2D eigenvalue weighted by Crippen LogP contribution is 2.22. The molecule has 1 amide bonds. The van der Waals surface area contributed by atoms with Crippen molar-refractivity contribution in [1.29, 1.82) is 0 Å². The Hall–Kier alpha value is -1.49. The number of carbonyl (C=O) groups is 1. The quantitative estimate of drug-likeness (QED) is 0.884. The average molecular weight is 271 g/mol. The van der Waals surface area contributed by atoms with E-state index < -0.39 is 17.5 Å². The van der Waals surface area contributed by atoms with Crippen LogP contribution in [-0.2, 0) is 0 Å². The van der Waals surface area contributed by atoms with Crippen molar-refractivity contribution < 1.29 is 18.7 Å². The van der Waals surface area contributed by atoms with E-state index in [1.165, 1.54) is 6.07 Å². The van der Waals surface area contributed by atoms with Gasteiger partial charge in [-0.15, -0.1) is 0 Å². The van der Waals surface area contributed by atoms with Crippen LogP contribution < -0.4 is 5.32 Å². The van der Waals surface area contributed by atoms with Gasteiger partial charge in [0, 0.05) is 18.2 Å². The second-order valence-electron chi connectivity index (χ2n) is 5.53. The Balaban J connectivity index is 2.84. The second kappa shape index (κ2) is 6.10. The lowest BCUT2D eigenvalue weighted by molar-refractivity contribution is 0.0884. The van der Waals surface area contributed by atoms with Crippen molar-refractivity contribution in [3.05, 3.63) is 35.4 Å². The summed E-state index contributed by atoms with van der Waals surface area (Å²) >= 11 is 0. The van der Waals surface area contributed by atoms with Gasteiger partial charge >= 0.3 is 0 Å². The minimum atomic E-state index is -1.05. The van der Waals surface area contributed by atoms with Crippen LogP contribution in [0.15, 0.2) is 18.2 Å². The zero-order valence-corrected chi connectivity index (χ0v) is 11.3. The molecular weight excluding hydrogens is 252 g/mol. The molecular formula is C14H19F2NO2. The molecule has 0 spiro atoms. The lowest BCUT2D eigenvalue weighted by Crippen LogP contribution is -2.44. The first kappa shape index (κ1) is 15.6. The number of amides is 1.